The zero-order chi connectivity index (χ0) is 13.0. The third-order valence-electron chi connectivity index (χ3n) is 4.75. The summed E-state index contributed by atoms with van der Waals surface area (Å²) in [5, 5.41) is 0. The smallest absolute Gasteiger partial charge is 0.0593 e. The van der Waals surface area contributed by atoms with Gasteiger partial charge in [-0.2, -0.15) is 0 Å². The van der Waals surface area contributed by atoms with Gasteiger partial charge in [0.2, 0.25) is 0 Å². The highest BCUT2D eigenvalue weighted by atomic mass is 16.5. The van der Waals surface area contributed by atoms with Gasteiger partial charge in [0.1, 0.15) is 0 Å². The van der Waals surface area contributed by atoms with Crippen LogP contribution >= 0.6 is 0 Å². The van der Waals surface area contributed by atoms with Crippen molar-refractivity contribution in [3.05, 3.63) is 0 Å². The molecule has 0 radical (unpaired) electrons. The average molecular weight is 254 g/mol. The molecule has 2 unspecified atom stereocenters. The molecule has 1 aliphatic carbocycles. The molecule has 1 aliphatic heterocycles. The lowest BCUT2D eigenvalue weighted by Gasteiger charge is -2.48. The second kappa shape index (κ2) is 6.36. The Kier molecular flexibility index (Phi) is 5.05. The van der Waals surface area contributed by atoms with Crippen molar-refractivity contribution < 1.29 is 4.74 Å². The van der Waals surface area contributed by atoms with Gasteiger partial charge in [-0.25, -0.2) is 0 Å². The molecular formula is C15H30N2O. The number of likely N-dealkylation sites (N-methyl/N-ethyl adjacent to an activating group) is 1. The Balaban J connectivity index is 2.01. The molecule has 0 aromatic carbocycles. The fourth-order valence-corrected chi connectivity index (χ4v) is 3.38. The SMILES string of the molecule is CCCC1CC(CN)(N(CC)CC2CC2)CCO1. The molecule has 1 saturated heterocycles. The molecular weight excluding hydrogens is 224 g/mol. The van der Waals surface area contributed by atoms with Gasteiger partial charge in [-0.3, -0.25) is 4.90 Å². The molecule has 2 N–H and O–H groups in total. The topological polar surface area (TPSA) is 38.5 Å². The molecule has 2 aliphatic rings. The fourth-order valence-electron chi connectivity index (χ4n) is 3.38. The van der Waals surface area contributed by atoms with E-state index in [4.69, 9.17) is 10.5 Å². The summed E-state index contributed by atoms with van der Waals surface area (Å²) in [5.74, 6) is 0.945. The number of hydrogen-bond acceptors (Lipinski definition) is 3. The van der Waals surface area contributed by atoms with Gasteiger partial charge in [0.15, 0.2) is 0 Å². The number of rotatable bonds is 7. The van der Waals surface area contributed by atoms with E-state index in [0.717, 1.165) is 38.5 Å². The first-order valence-electron chi connectivity index (χ1n) is 7.80. The van der Waals surface area contributed by atoms with Crippen molar-refractivity contribution in [3.63, 3.8) is 0 Å². The first kappa shape index (κ1) is 14.3. The van der Waals surface area contributed by atoms with E-state index in [2.05, 4.69) is 18.7 Å². The van der Waals surface area contributed by atoms with Crippen LogP contribution < -0.4 is 5.73 Å². The molecule has 0 bridgehead atoms. The predicted molar refractivity (Wildman–Crippen MR) is 75.6 cm³/mol. The van der Waals surface area contributed by atoms with Crippen LogP contribution in [0.3, 0.4) is 0 Å². The van der Waals surface area contributed by atoms with Gasteiger partial charge in [0, 0.05) is 25.2 Å². The summed E-state index contributed by atoms with van der Waals surface area (Å²) in [5.41, 5.74) is 6.39. The molecule has 2 rings (SSSR count). The average Bonchev–Trinajstić information content (AvgIpc) is 3.20. The zero-order valence-corrected chi connectivity index (χ0v) is 12.2. The van der Waals surface area contributed by atoms with Gasteiger partial charge < -0.3 is 10.5 Å². The highest BCUT2D eigenvalue weighted by Crippen LogP contribution is 2.36. The molecule has 106 valence electrons. The molecule has 1 saturated carbocycles. The maximum atomic E-state index is 6.17. The lowest BCUT2D eigenvalue weighted by atomic mass is 9.83. The standard InChI is InChI=1S/C15H30N2O/c1-3-5-14-10-15(12-16,8-9-18-14)17(4-2)11-13-6-7-13/h13-14H,3-12,16H2,1-2H3. The number of ether oxygens (including phenoxy) is 1. The number of hydrogen-bond donors (Lipinski definition) is 1. The Morgan fingerprint density at radius 1 is 1.33 bits per heavy atom. The highest BCUT2D eigenvalue weighted by molar-refractivity contribution is 4.97. The van der Waals surface area contributed by atoms with Crippen LogP contribution in [-0.2, 0) is 4.74 Å². The van der Waals surface area contributed by atoms with Gasteiger partial charge in [-0.05, 0) is 44.6 Å². The van der Waals surface area contributed by atoms with Gasteiger partial charge in [-0.15, -0.1) is 0 Å². The molecule has 0 aromatic rings. The Hall–Kier alpha value is -0.120. The lowest BCUT2D eigenvalue weighted by Crippen LogP contribution is -2.59. The Morgan fingerprint density at radius 3 is 2.67 bits per heavy atom. The monoisotopic (exact) mass is 254 g/mol. The van der Waals surface area contributed by atoms with Crippen LogP contribution in [0.2, 0.25) is 0 Å². The third-order valence-corrected chi connectivity index (χ3v) is 4.75. The first-order chi connectivity index (χ1) is 8.74. The Bertz CT molecular complexity index is 253. The summed E-state index contributed by atoms with van der Waals surface area (Å²) in [6.45, 7) is 8.59. The second-order valence-corrected chi connectivity index (χ2v) is 6.15. The van der Waals surface area contributed by atoms with Gasteiger partial charge in [0.05, 0.1) is 6.10 Å². The molecule has 18 heavy (non-hydrogen) atoms. The number of nitrogens with two attached hydrogens (primary N) is 1. The van der Waals surface area contributed by atoms with E-state index in [1.165, 1.54) is 32.2 Å². The normalized spacial score (nSPS) is 33.0. The van der Waals surface area contributed by atoms with E-state index in [0.29, 0.717) is 6.10 Å². The van der Waals surface area contributed by atoms with Crippen LogP contribution in [0, 0.1) is 5.92 Å². The minimum absolute atomic E-state index is 0.218. The Morgan fingerprint density at radius 2 is 2.11 bits per heavy atom. The maximum Gasteiger partial charge on any atom is 0.0593 e. The molecule has 1 heterocycles. The third kappa shape index (κ3) is 3.25. The van der Waals surface area contributed by atoms with Crippen molar-refractivity contribution in [3.8, 4) is 0 Å². The van der Waals surface area contributed by atoms with Gasteiger partial charge in [0.25, 0.3) is 0 Å². The van der Waals surface area contributed by atoms with Crippen LogP contribution in [0.25, 0.3) is 0 Å². The van der Waals surface area contributed by atoms with Crippen molar-refractivity contribution in [1.29, 1.82) is 0 Å². The summed E-state index contributed by atoms with van der Waals surface area (Å²) >= 11 is 0. The Labute approximate surface area is 112 Å². The largest absolute Gasteiger partial charge is 0.378 e. The van der Waals surface area contributed by atoms with Gasteiger partial charge >= 0.3 is 0 Å². The predicted octanol–water partition coefficient (Wildman–Crippen LogP) is 2.39. The fraction of sp³-hybridized carbons (Fsp3) is 1.00. The van der Waals surface area contributed by atoms with E-state index in [-0.39, 0.29) is 5.54 Å². The highest BCUT2D eigenvalue weighted by Gasteiger charge is 2.41. The van der Waals surface area contributed by atoms with Crippen molar-refractivity contribution in [2.45, 2.75) is 64.0 Å². The van der Waals surface area contributed by atoms with Crippen molar-refractivity contribution in [1.82, 2.24) is 4.90 Å². The summed E-state index contributed by atoms with van der Waals surface area (Å²) in [6.07, 6.45) is 7.92. The van der Waals surface area contributed by atoms with Crippen LogP contribution in [0.1, 0.15) is 52.4 Å². The van der Waals surface area contributed by atoms with Crippen LogP contribution in [0.15, 0.2) is 0 Å². The van der Waals surface area contributed by atoms with Crippen LogP contribution in [0.5, 0.6) is 0 Å². The van der Waals surface area contributed by atoms with Crippen molar-refractivity contribution in [2.24, 2.45) is 11.7 Å². The summed E-state index contributed by atoms with van der Waals surface area (Å²) in [6, 6.07) is 0. The number of nitrogens with zero attached hydrogens (tertiary/aromatic N) is 1. The summed E-state index contributed by atoms with van der Waals surface area (Å²) in [7, 11) is 0. The molecule has 2 atom stereocenters. The maximum absolute atomic E-state index is 6.17. The van der Waals surface area contributed by atoms with Crippen LogP contribution in [0.4, 0.5) is 0 Å². The van der Waals surface area contributed by atoms with E-state index in [1.807, 2.05) is 0 Å². The zero-order valence-electron chi connectivity index (χ0n) is 12.2. The minimum atomic E-state index is 0.218. The van der Waals surface area contributed by atoms with Crippen molar-refractivity contribution in [2.75, 3.05) is 26.2 Å². The van der Waals surface area contributed by atoms with Crippen LogP contribution in [-0.4, -0.2) is 42.8 Å². The first-order valence-corrected chi connectivity index (χ1v) is 7.80. The molecule has 3 nitrogen and oxygen atoms in total. The lowest BCUT2D eigenvalue weighted by molar-refractivity contribution is -0.0737. The van der Waals surface area contributed by atoms with E-state index < -0.39 is 0 Å². The summed E-state index contributed by atoms with van der Waals surface area (Å²) < 4.78 is 5.91. The second-order valence-electron chi connectivity index (χ2n) is 6.15. The molecule has 0 spiro atoms. The molecule has 2 fully saturated rings. The molecule has 0 aromatic heterocycles. The van der Waals surface area contributed by atoms with E-state index in [1.54, 1.807) is 0 Å². The van der Waals surface area contributed by atoms with E-state index in [9.17, 15) is 0 Å². The van der Waals surface area contributed by atoms with Crippen molar-refractivity contribution >= 4 is 0 Å². The van der Waals surface area contributed by atoms with Gasteiger partial charge in [-0.1, -0.05) is 20.3 Å². The quantitative estimate of drug-likeness (QED) is 0.758. The van der Waals surface area contributed by atoms with E-state index >= 15 is 0 Å². The minimum Gasteiger partial charge on any atom is -0.378 e. The molecule has 3 heteroatoms. The summed E-state index contributed by atoms with van der Waals surface area (Å²) in [4.78, 5) is 2.66. The molecule has 0 amide bonds.